The zero-order valence-electron chi connectivity index (χ0n) is 7.24. The normalized spacial score (nSPS) is 10.6. The molecule has 0 aliphatic carbocycles. The summed E-state index contributed by atoms with van der Waals surface area (Å²) in [4.78, 5) is 0. The molecule has 2 aromatic heterocycles. The Labute approximate surface area is 75.2 Å². The van der Waals surface area contributed by atoms with Gasteiger partial charge < -0.3 is 9.52 Å². The molecule has 0 unspecified atom stereocenters. The molecule has 2 N–H and O–H groups in total. The SMILES string of the molecule is Cc1ccc(-c2[nH]ncc2CO)o1. The minimum Gasteiger partial charge on any atom is -0.460 e. The van der Waals surface area contributed by atoms with E-state index in [1.165, 1.54) is 0 Å². The number of furan rings is 1. The van der Waals surface area contributed by atoms with Crippen LogP contribution in [0.2, 0.25) is 0 Å². The fourth-order valence-electron chi connectivity index (χ4n) is 1.21. The second-order valence-electron chi connectivity index (χ2n) is 2.84. The molecule has 0 aliphatic rings. The van der Waals surface area contributed by atoms with Crippen molar-refractivity contribution in [3.63, 3.8) is 0 Å². The van der Waals surface area contributed by atoms with Crippen LogP contribution >= 0.6 is 0 Å². The van der Waals surface area contributed by atoms with Crippen molar-refractivity contribution >= 4 is 0 Å². The summed E-state index contributed by atoms with van der Waals surface area (Å²) in [6.45, 7) is 1.84. The van der Waals surface area contributed by atoms with E-state index < -0.39 is 0 Å². The van der Waals surface area contributed by atoms with Crippen molar-refractivity contribution in [2.75, 3.05) is 0 Å². The van der Waals surface area contributed by atoms with Gasteiger partial charge in [0, 0.05) is 5.56 Å². The number of H-pyrrole nitrogens is 1. The average Bonchev–Trinajstić information content (AvgIpc) is 2.71. The molecule has 2 heterocycles. The van der Waals surface area contributed by atoms with E-state index in [0.29, 0.717) is 5.76 Å². The Balaban J connectivity index is 2.45. The van der Waals surface area contributed by atoms with Crippen LogP contribution in [0.1, 0.15) is 11.3 Å². The highest BCUT2D eigenvalue weighted by Crippen LogP contribution is 2.22. The maximum absolute atomic E-state index is 8.97. The van der Waals surface area contributed by atoms with Gasteiger partial charge >= 0.3 is 0 Å². The first-order chi connectivity index (χ1) is 6.31. The summed E-state index contributed by atoms with van der Waals surface area (Å²) in [5.41, 5.74) is 1.49. The third-order valence-electron chi connectivity index (χ3n) is 1.87. The van der Waals surface area contributed by atoms with Crippen LogP contribution < -0.4 is 0 Å². The third kappa shape index (κ3) is 1.36. The van der Waals surface area contributed by atoms with Gasteiger partial charge in [0.15, 0.2) is 5.76 Å². The van der Waals surface area contributed by atoms with Gasteiger partial charge in [-0.15, -0.1) is 0 Å². The van der Waals surface area contributed by atoms with E-state index in [4.69, 9.17) is 9.52 Å². The Kier molecular flexibility index (Phi) is 1.90. The molecule has 0 radical (unpaired) electrons. The van der Waals surface area contributed by atoms with E-state index in [-0.39, 0.29) is 6.61 Å². The lowest BCUT2D eigenvalue weighted by atomic mass is 10.2. The van der Waals surface area contributed by atoms with Crippen LogP contribution in [-0.4, -0.2) is 15.3 Å². The molecule has 0 bridgehead atoms. The van der Waals surface area contributed by atoms with E-state index in [1.807, 2.05) is 19.1 Å². The van der Waals surface area contributed by atoms with E-state index in [2.05, 4.69) is 10.2 Å². The monoisotopic (exact) mass is 178 g/mol. The first kappa shape index (κ1) is 8.07. The molecule has 2 aromatic rings. The zero-order valence-corrected chi connectivity index (χ0v) is 7.24. The number of aromatic amines is 1. The fraction of sp³-hybridized carbons (Fsp3) is 0.222. The number of hydrogen-bond donors (Lipinski definition) is 2. The second-order valence-corrected chi connectivity index (χ2v) is 2.84. The van der Waals surface area contributed by atoms with Crippen molar-refractivity contribution in [1.29, 1.82) is 0 Å². The second kappa shape index (κ2) is 3.06. The first-order valence-corrected chi connectivity index (χ1v) is 4.01. The Morgan fingerprint density at radius 3 is 3.00 bits per heavy atom. The molecule has 0 aromatic carbocycles. The molecule has 0 saturated carbocycles. The van der Waals surface area contributed by atoms with E-state index in [9.17, 15) is 0 Å². The summed E-state index contributed by atoms with van der Waals surface area (Å²) in [7, 11) is 0. The van der Waals surface area contributed by atoms with Crippen LogP contribution in [0.15, 0.2) is 22.7 Å². The van der Waals surface area contributed by atoms with Gasteiger partial charge in [-0.05, 0) is 19.1 Å². The van der Waals surface area contributed by atoms with Crippen molar-refractivity contribution in [3.8, 4) is 11.5 Å². The van der Waals surface area contributed by atoms with E-state index in [1.54, 1.807) is 6.20 Å². The lowest BCUT2D eigenvalue weighted by Gasteiger charge is -1.94. The van der Waals surface area contributed by atoms with Gasteiger partial charge in [-0.2, -0.15) is 5.10 Å². The highest BCUT2D eigenvalue weighted by atomic mass is 16.3. The number of aliphatic hydroxyl groups is 1. The van der Waals surface area contributed by atoms with Crippen molar-refractivity contribution in [3.05, 3.63) is 29.7 Å². The van der Waals surface area contributed by atoms with Crippen LogP contribution in [0.5, 0.6) is 0 Å². The lowest BCUT2D eigenvalue weighted by Crippen LogP contribution is -1.83. The Morgan fingerprint density at radius 1 is 1.54 bits per heavy atom. The summed E-state index contributed by atoms with van der Waals surface area (Å²) < 4.78 is 5.39. The largest absolute Gasteiger partial charge is 0.460 e. The number of aryl methyl sites for hydroxylation is 1. The van der Waals surface area contributed by atoms with Crippen molar-refractivity contribution < 1.29 is 9.52 Å². The molecule has 0 fully saturated rings. The molecule has 0 atom stereocenters. The first-order valence-electron chi connectivity index (χ1n) is 4.01. The third-order valence-corrected chi connectivity index (χ3v) is 1.87. The number of aliphatic hydroxyl groups excluding tert-OH is 1. The predicted octanol–water partition coefficient (Wildman–Crippen LogP) is 1.47. The maximum atomic E-state index is 8.97. The van der Waals surface area contributed by atoms with Crippen LogP contribution in [0.3, 0.4) is 0 Å². The lowest BCUT2D eigenvalue weighted by molar-refractivity contribution is 0.282. The van der Waals surface area contributed by atoms with Crippen molar-refractivity contribution in [2.24, 2.45) is 0 Å². The van der Waals surface area contributed by atoms with Gasteiger partial charge in [0.1, 0.15) is 11.5 Å². The Hall–Kier alpha value is -1.55. The molecule has 0 spiro atoms. The number of aromatic nitrogens is 2. The summed E-state index contributed by atoms with van der Waals surface area (Å²) in [6, 6.07) is 3.72. The number of rotatable bonds is 2. The van der Waals surface area contributed by atoms with Crippen LogP contribution in [0.4, 0.5) is 0 Å². The molecular weight excluding hydrogens is 168 g/mol. The summed E-state index contributed by atoms with van der Waals surface area (Å²) in [5.74, 6) is 1.55. The molecule has 0 aliphatic heterocycles. The quantitative estimate of drug-likeness (QED) is 0.732. The standard InChI is InChI=1S/C9H10N2O2/c1-6-2-3-8(13-6)9-7(5-12)4-10-11-9/h2-4,12H,5H2,1H3,(H,10,11). The fourth-order valence-corrected chi connectivity index (χ4v) is 1.21. The average molecular weight is 178 g/mol. The molecule has 2 rings (SSSR count). The van der Waals surface area contributed by atoms with Gasteiger partial charge in [0.05, 0.1) is 12.8 Å². The van der Waals surface area contributed by atoms with Crippen molar-refractivity contribution in [1.82, 2.24) is 10.2 Å². The molecule has 13 heavy (non-hydrogen) atoms. The van der Waals surface area contributed by atoms with Gasteiger partial charge in [-0.1, -0.05) is 0 Å². The smallest absolute Gasteiger partial charge is 0.152 e. The Bertz CT molecular complexity index is 403. The molecule has 4 heteroatoms. The highest BCUT2D eigenvalue weighted by molar-refractivity contribution is 5.56. The van der Waals surface area contributed by atoms with Gasteiger partial charge in [0.25, 0.3) is 0 Å². The maximum Gasteiger partial charge on any atom is 0.152 e. The summed E-state index contributed by atoms with van der Waals surface area (Å²) in [5, 5.41) is 15.6. The highest BCUT2D eigenvalue weighted by Gasteiger charge is 2.09. The summed E-state index contributed by atoms with van der Waals surface area (Å²) in [6.07, 6.45) is 1.59. The molecule has 68 valence electrons. The van der Waals surface area contributed by atoms with Crippen LogP contribution in [0, 0.1) is 6.92 Å². The molecular formula is C9H10N2O2. The van der Waals surface area contributed by atoms with Crippen LogP contribution in [0.25, 0.3) is 11.5 Å². The zero-order chi connectivity index (χ0) is 9.26. The van der Waals surface area contributed by atoms with Gasteiger partial charge in [-0.25, -0.2) is 0 Å². The minimum atomic E-state index is -0.0361. The van der Waals surface area contributed by atoms with Gasteiger partial charge in [0.2, 0.25) is 0 Å². The molecule has 0 saturated heterocycles. The topological polar surface area (TPSA) is 62.0 Å². The number of nitrogens with one attached hydrogen (secondary N) is 1. The predicted molar refractivity (Wildman–Crippen MR) is 46.9 cm³/mol. The Morgan fingerprint density at radius 2 is 2.38 bits per heavy atom. The van der Waals surface area contributed by atoms with E-state index >= 15 is 0 Å². The number of nitrogens with zero attached hydrogens (tertiary/aromatic N) is 1. The van der Waals surface area contributed by atoms with E-state index in [0.717, 1.165) is 17.0 Å². The molecule has 0 amide bonds. The molecule has 4 nitrogen and oxygen atoms in total. The van der Waals surface area contributed by atoms with Crippen molar-refractivity contribution in [2.45, 2.75) is 13.5 Å². The van der Waals surface area contributed by atoms with Gasteiger partial charge in [-0.3, -0.25) is 5.10 Å². The summed E-state index contributed by atoms with van der Waals surface area (Å²) >= 11 is 0. The number of hydrogen-bond acceptors (Lipinski definition) is 3. The minimum absolute atomic E-state index is 0.0361. The van der Waals surface area contributed by atoms with Crippen LogP contribution in [-0.2, 0) is 6.61 Å².